The Morgan fingerprint density at radius 1 is 1.03 bits per heavy atom. The number of nitrogens with one attached hydrogen (secondary N) is 1. The maximum atomic E-state index is 12.2. The fourth-order valence-electron chi connectivity index (χ4n) is 3.83. The quantitative estimate of drug-likeness (QED) is 0.569. The van der Waals surface area contributed by atoms with Crippen molar-refractivity contribution in [1.82, 2.24) is 9.88 Å². The zero-order valence-electron chi connectivity index (χ0n) is 16.6. The smallest absolute Gasteiger partial charge is 0.224 e. The first-order chi connectivity index (χ1) is 14.3. The van der Waals surface area contributed by atoms with Gasteiger partial charge >= 0.3 is 0 Å². The van der Waals surface area contributed by atoms with Gasteiger partial charge in [-0.15, -0.1) is 11.3 Å². The Morgan fingerprint density at radius 2 is 1.72 bits per heavy atom. The minimum atomic E-state index is 0.122. The van der Waals surface area contributed by atoms with Crippen LogP contribution in [0, 0.1) is 5.92 Å². The first kappa shape index (κ1) is 19.8. The third-order valence-electron chi connectivity index (χ3n) is 5.50. The summed E-state index contributed by atoms with van der Waals surface area (Å²) in [6.07, 6.45) is 5.94. The number of aromatic nitrogens is 1. The van der Waals surface area contributed by atoms with E-state index >= 15 is 0 Å². The van der Waals surface area contributed by atoms with Gasteiger partial charge < -0.3 is 5.32 Å². The van der Waals surface area contributed by atoms with Gasteiger partial charge in [-0.05, 0) is 50.4 Å². The number of likely N-dealkylation sites (tertiary alicyclic amines) is 1. The number of piperidine rings is 1. The van der Waals surface area contributed by atoms with E-state index in [-0.39, 0.29) is 5.91 Å². The van der Waals surface area contributed by atoms with Crippen LogP contribution in [0.4, 0.5) is 5.69 Å². The second kappa shape index (κ2) is 9.81. The van der Waals surface area contributed by atoms with E-state index in [2.05, 4.69) is 39.5 Å². The second-order valence-electron chi connectivity index (χ2n) is 7.67. The van der Waals surface area contributed by atoms with E-state index < -0.39 is 0 Å². The molecule has 2 heterocycles. The fourth-order valence-corrected chi connectivity index (χ4v) is 4.79. The summed E-state index contributed by atoms with van der Waals surface area (Å²) < 4.78 is 0. The lowest BCUT2D eigenvalue weighted by Gasteiger charge is -2.31. The van der Waals surface area contributed by atoms with Gasteiger partial charge in [0, 0.05) is 35.3 Å². The number of rotatable bonds is 7. The van der Waals surface area contributed by atoms with Gasteiger partial charge in [0.05, 0.1) is 0 Å². The Hall–Kier alpha value is -2.50. The van der Waals surface area contributed by atoms with Crippen molar-refractivity contribution < 1.29 is 4.79 Å². The molecule has 1 saturated heterocycles. The summed E-state index contributed by atoms with van der Waals surface area (Å²) in [5.41, 5.74) is 2.07. The molecule has 1 aliphatic heterocycles. The van der Waals surface area contributed by atoms with E-state index in [1.807, 2.05) is 42.6 Å². The van der Waals surface area contributed by atoms with Crippen molar-refractivity contribution in [3.8, 4) is 10.6 Å². The summed E-state index contributed by atoms with van der Waals surface area (Å²) in [7, 11) is 0. The normalized spacial score (nSPS) is 15.3. The number of nitrogens with zero attached hydrogens (tertiary/aromatic N) is 2. The molecule has 1 fully saturated rings. The Labute approximate surface area is 176 Å². The van der Waals surface area contributed by atoms with E-state index in [4.69, 9.17) is 0 Å². The van der Waals surface area contributed by atoms with Crippen molar-refractivity contribution in [1.29, 1.82) is 0 Å². The highest BCUT2D eigenvalue weighted by molar-refractivity contribution is 7.15. The number of benzene rings is 2. The highest BCUT2D eigenvalue weighted by atomic mass is 32.1. The Balaban J connectivity index is 1.19. The topological polar surface area (TPSA) is 45.2 Å². The molecule has 1 N–H and O–H groups in total. The number of hydrogen-bond acceptors (Lipinski definition) is 4. The molecule has 150 valence electrons. The standard InChI is InChI=1S/C24H27N3OS/c28-23(26-21-9-5-2-6-10-21)12-11-19-13-15-27(16-14-19)18-22-17-25-24(29-22)20-7-3-1-4-8-20/h1-10,17,19H,11-16,18H2,(H,26,28). The first-order valence-corrected chi connectivity index (χ1v) is 11.2. The number of thiazole rings is 1. The summed E-state index contributed by atoms with van der Waals surface area (Å²) in [6, 6.07) is 20.1. The Kier molecular flexibility index (Phi) is 6.70. The molecule has 1 aliphatic rings. The van der Waals surface area contributed by atoms with Gasteiger partial charge in [0.25, 0.3) is 0 Å². The average molecular weight is 406 g/mol. The molecule has 0 spiro atoms. The third-order valence-corrected chi connectivity index (χ3v) is 6.53. The van der Waals surface area contributed by atoms with Crippen LogP contribution in [0.2, 0.25) is 0 Å². The number of carbonyl (C=O) groups is 1. The molecule has 0 bridgehead atoms. The molecule has 1 amide bonds. The van der Waals surface area contributed by atoms with Crippen LogP contribution in [0.5, 0.6) is 0 Å². The van der Waals surface area contributed by atoms with Crippen LogP contribution >= 0.6 is 11.3 Å². The zero-order valence-corrected chi connectivity index (χ0v) is 17.4. The minimum absolute atomic E-state index is 0.122. The largest absolute Gasteiger partial charge is 0.326 e. The molecule has 0 unspecified atom stereocenters. The summed E-state index contributed by atoms with van der Waals surface area (Å²) >= 11 is 1.79. The van der Waals surface area contributed by atoms with Crippen LogP contribution in [0.25, 0.3) is 10.6 Å². The number of carbonyl (C=O) groups excluding carboxylic acids is 1. The van der Waals surface area contributed by atoms with Crippen LogP contribution in [0.3, 0.4) is 0 Å². The molecule has 0 aliphatic carbocycles. The molecule has 0 radical (unpaired) electrons. The summed E-state index contributed by atoms with van der Waals surface area (Å²) in [6.45, 7) is 3.18. The van der Waals surface area contributed by atoms with Crippen molar-refractivity contribution in [2.75, 3.05) is 18.4 Å². The first-order valence-electron chi connectivity index (χ1n) is 10.3. The Bertz CT molecular complexity index is 902. The lowest BCUT2D eigenvalue weighted by atomic mass is 9.92. The van der Waals surface area contributed by atoms with Crippen molar-refractivity contribution in [2.45, 2.75) is 32.2 Å². The molecular formula is C24H27N3OS. The van der Waals surface area contributed by atoms with Gasteiger partial charge in [0.2, 0.25) is 5.91 Å². The van der Waals surface area contributed by atoms with E-state index in [1.54, 1.807) is 11.3 Å². The fraction of sp³-hybridized carbons (Fsp3) is 0.333. The molecule has 0 atom stereocenters. The van der Waals surface area contributed by atoms with Crippen molar-refractivity contribution in [3.05, 3.63) is 71.7 Å². The summed E-state index contributed by atoms with van der Waals surface area (Å²) in [5, 5.41) is 4.08. The molecule has 3 aromatic rings. The molecule has 4 nitrogen and oxygen atoms in total. The molecule has 5 heteroatoms. The molecular weight excluding hydrogens is 378 g/mol. The van der Waals surface area contributed by atoms with Gasteiger partial charge in [-0.3, -0.25) is 9.69 Å². The maximum absolute atomic E-state index is 12.2. The van der Waals surface area contributed by atoms with Gasteiger partial charge in [-0.25, -0.2) is 4.98 Å². The van der Waals surface area contributed by atoms with Crippen LogP contribution in [0.15, 0.2) is 66.9 Å². The minimum Gasteiger partial charge on any atom is -0.326 e. The number of amides is 1. The number of anilines is 1. The molecule has 2 aromatic carbocycles. The van der Waals surface area contributed by atoms with E-state index in [0.29, 0.717) is 12.3 Å². The highest BCUT2D eigenvalue weighted by Crippen LogP contribution is 2.28. The average Bonchev–Trinajstić information content (AvgIpc) is 3.23. The monoisotopic (exact) mass is 405 g/mol. The molecule has 29 heavy (non-hydrogen) atoms. The maximum Gasteiger partial charge on any atom is 0.224 e. The van der Waals surface area contributed by atoms with Crippen molar-refractivity contribution >= 4 is 22.9 Å². The van der Waals surface area contributed by atoms with E-state index in [9.17, 15) is 4.79 Å². The van der Waals surface area contributed by atoms with E-state index in [1.165, 1.54) is 23.3 Å². The summed E-state index contributed by atoms with van der Waals surface area (Å²) in [4.78, 5) is 20.6. The predicted molar refractivity (Wildman–Crippen MR) is 120 cm³/mol. The lowest BCUT2D eigenvalue weighted by molar-refractivity contribution is -0.116. The molecule has 1 aromatic heterocycles. The third kappa shape index (κ3) is 5.75. The SMILES string of the molecule is O=C(CCC1CCN(Cc2cnc(-c3ccccc3)s2)CC1)Nc1ccccc1. The van der Waals surface area contributed by atoms with Gasteiger partial charge in [0.1, 0.15) is 5.01 Å². The van der Waals surface area contributed by atoms with E-state index in [0.717, 1.165) is 36.8 Å². The Morgan fingerprint density at radius 3 is 2.45 bits per heavy atom. The van der Waals surface area contributed by atoms with Gasteiger partial charge in [-0.2, -0.15) is 0 Å². The molecule has 4 rings (SSSR count). The number of para-hydroxylation sites is 1. The predicted octanol–water partition coefficient (Wildman–Crippen LogP) is 5.44. The number of hydrogen-bond donors (Lipinski definition) is 1. The van der Waals surface area contributed by atoms with Crippen LogP contribution < -0.4 is 5.32 Å². The van der Waals surface area contributed by atoms with Crippen LogP contribution in [-0.4, -0.2) is 28.9 Å². The van der Waals surface area contributed by atoms with Crippen molar-refractivity contribution in [3.63, 3.8) is 0 Å². The van der Waals surface area contributed by atoms with Crippen LogP contribution in [0.1, 0.15) is 30.6 Å². The van der Waals surface area contributed by atoms with Gasteiger partial charge in [0.15, 0.2) is 0 Å². The zero-order chi connectivity index (χ0) is 19.9. The second-order valence-corrected chi connectivity index (χ2v) is 8.79. The summed E-state index contributed by atoms with van der Waals surface area (Å²) in [5.74, 6) is 0.769. The van der Waals surface area contributed by atoms with Gasteiger partial charge in [-0.1, -0.05) is 48.5 Å². The highest BCUT2D eigenvalue weighted by Gasteiger charge is 2.20. The van der Waals surface area contributed by atoms with Crippen molar-refractivity contribution in [2.24, 2.45) is 5.92 Å². The molecule has 0 saturated carbocycles. The van der Waals surface area contributed by atoms with Crippen LogP contribution in [-0.2, 0) is 11.3 Å². The lowest BCUT2D eigenvalue weighted by Crippen LogP contribution is -2.33.